The van der Waals surface area contributed by atoms with Crippen molar-refractivity contribution in [1.82, 2.24) is 29.1 Å². The minimum Gasteiger partial charge on any atom is -0.507 e. The summed E-state index contributed by atoms with van der Waals surface area (Å²) < 4.78 is 3.85. The van der Waals surface area contributed by atoms with Gasteiger partial charge in [0.05, 0.1) is 23.2 Å². The number of aryl methyl sites for hydroxylation is 1. The molecule has 0 aliphatic rings. The van der Waals surface area contributed by atoms with Crippen molar-refractivity contribution in [3.8, 4) is 17.1 Å². The Morgan fingerprint density at radius 1 is 0.906 bits per heavy atom. The summed E-state index contributed by atoms with van der Waals surface area (Å²) in [5.74, 6) is 0.654. The van der Waals surface area contributed by atoms with E-state index in [-0.39, 0.29) is 5.75 Å². The summed E-state index contributed by atoms with van der Waals surface area (Å²) in [5.41, 5.74) is 5.36. The van der Waals surface area contributed by atoms with Crippen molar-refractivity contribution in [2.24, 2.45) is 0 Å². The fourth-order valence-corrected chi connectivity index (χ4v) is 4.33. The van der Waals surface area contributed by atoms with Crippen molar-refractivity contribution in [1.29, 1.82) is 0 Å². The lowest BCUT2D eigenvalue weighted by Crippen LogP contribution is -2.04. The maximum atomic E-state index is 10.9. The van der Waals surface area contributed by atoms with E-state index in [1.165, 1.54) is 0 Å². The molecule has 0 saturated carbocycles. The smallest absolute Gasteiger partial charge is 0.185 e. The van der Waals surface area contributed by atoms with Gasteiger partial charge in [0.25, 0.3) is 0 Å². The summed E-state index contributed by atoms with van der Waals surface area (Å²) in [6.07, 6.45) is 3.48. The van der Waals surface area contributed by atoms with Crippen LogP contribution in [-0.4, -0.2) is 34.2 Å². The molecule has 0 bridgehead atoms. The van der Waals surface area contributed by atoms with Crippen LogP contribution in [0.5, 0.6) is 5.75 Å². The SMILES string of the molecule is Cc1c(C)n(Cc2ccccn2)c2ncn3nc(-c4ccc5ccccc5c4O)nc3c12. The Kier molecular flexibility index (Phi) is 3.98. The summed E-state index contributed by atoms with van der Waals surface area (Å²) >= 11 is 0. The number of hydrogen-bond donors (Lipinski definition) is 1. The van der Waals surface area contributed by atoms with Crippen molar-refractivity contribution in [3.05, 3.63) is 84.1 Å². The molecule has 0 spiro atoms. The highest BCUT2D eigenvalue weighted by Crippen LogP contribution is 2.35. The van der Waals surface area contributed by atoms with E-state index in [4.69, 9.17) is 9.97 Å². The quantitative estimate of drug-likeness (QED) is 0.450. The van der Waals surface area contributed by atoms with E-state index in [1.54, 1.807) is 17.0 Å². The molecule has 0 aliphatic heterocycles. The van der Waals surface area contributed by atoms with Gasteiger partial charge < -0.3 is 9.67 Å². The Hall–Kier alpha value is -4.26. The molecule has 7 nitrogen and oxygen atoms in total. The van der Waals surface area contributed by atoms with E-state index in [2.05, 4.69) is 28.5 Å². The van der Waals surface area contributed by atoms with Gasteiger partial charge in [-0.25, -0.2) is 14.5 Å². The Morgan fingerprint density at radius 3 is 2.59 bits per heavy atom. The highest BCUT2D eigenvalue weighted by Gasteiger charge is 2.20. The number of phenolic OH excluding ortho intramolecular Hbond substituents is 1. The van der Waals surface area contributed by atoms with Crippen LogP contribution in [-0.2, 0) is 6.54 Å². The zero-order valence-electron chi connectivity index (χ0n) is 17.7. The maximum absolute atomic E-state index is 10.9. The third kappa shape index (κ3) is 2.68. The Balaban J connectivity index is 1.55. The first-order valence-corrected chi connectivity index (χ1v) is 10.4. The molecule has 6 rings (SSSR count). The molecular formula is C25H20N6O. The largest absolute Gasteiger partial charge is 0.507 e. The molecule has 4 heterocycles. The Morgan fingerprint density at radius 2 is 1.75 bits per heavy atom. The van der Waals surface area contributed by atoms with Crippen LogP contribution < -0.4 is 0 Å². The van der Waals surface area contributed by atoms with Gasteiger partial charge in [-0.1, -0.05) is 36.4 Å². The van der Waals surface area contributed by atoms with Crippen molar-refractivity contribution in [2.75, 3.05) is 0 Å². The molecule has 2 aromatic carbocycles. The number of nitrogens with zero attached hydrogens (tertiary/aromatic N) is 6. The monoisotopic (exact) mass is 420 g/mol. The first kappa shape index (κ1) is 18.5. The first-order valence-electron chi connectivity index (χ1n) is 10.4. The molecule has 156 valence electrons. The Bertz CT molecular complexity index is 1630. The van der Waals surface area contributed by atoms with Crippen LogP contribution >= 0.6 is 0 Å². The average molecular weight is 420 g/mol. The third-order valence-corrected chi connectivity index (χ3v) is 6.13. The van der Waals surface area contributed by atoms with Gasteiger partial charge in [-0.15, -0.1) is 5.10 Å². The fraction of sp³-hybridized carbons (Fsp3) is 0.120. The molecule has 7 heteroatoms. The van der Waals surface area contributed by atoms with Crippen molar-refractivity contribution in [3.63, 3.8) is 0 Å². The molecule has 0 amide bonds. The highest BCUT2D eigenvalue weighted by atomic mass is 16.3. The summed E-state index contributed by atoms with van der Waals surface area (Å²) in [4.78, 5) is 14.0. The predicted molar refractivity (Wildman–Crippen MR) is 124 cm³/mol. The average Bonchev–Trinajstić information content (AvgIpc) is 3.35. The molecule has 0 unspecified atom stereocenters. The second-order valence-electron chi connectivity index (χ2n) is 7.95. The van der Waals surface area contributed by atoms with Crippen molar-refractivity contribution in [2.45, 2.75) is 20.4 Å². The zero-order valence-corrected chi connectivity index (χ0v) is 17.7. The van der Waals surface area contributed by atoms with E-state index >= 15 is 0 Å². The number of hydrogen-bond acceptors (Lipinski definition) is 5. The van der Waals surface area contributed by atoms with Crippen molar-refractivity contribution >= 4 is 27.5 Å². The van der Waals surface area contributed by atoms with Gasteiger partial charge in [0, 0.05) is 17.3 Å². The van der Waals surface area contributed by atoms with Crippen LogP contribution in [0, 0.1) is 13.8 Å². The lowest BCUT2D eigenvalue weighted by Gasteiger charge is -2.07. The number of pyridine rings is 1. The number of fused-ring (bicyclic) bond motifs is 4. The standard InChI is InChI=1S/C25H20N6O/c1-15-16(2)30(13-18-8-5-6-12-26-18)24-21(15)25-28-23(29-31(25)14-27-24)20-11-10-17-7-3-4-9-19(17)22(20)32/h3-12,14,32H,13H2,1-2H3. The predicted octanol–water partition coefficient (Wildman–Crippen LogP) is 4.66. The number of benzene rings is 2. The normalized spacial score (nSPS) is 11.7. The molecule has 0 atom stereocenters. The fourth-order valence-electron chi connectivity index (χ4n) is 4.33. The summed E-state index contributed by atoms with van der Waals surface area (Å²) in [7, 11) is 0. The second kappa shape index (κ2) is 6.88. The van der Waals surface area contributed by atoms with Gasteiger partial charge in [-0.05, 0) is 43.0 Å². The third-order valence-electron chi connectivity index (χ3n) is 6.13. The van der Waals surface area contributed by atoms with Gasteiger partial charge in [-0.2, -0.15) is 0 Å². The van der Waals surface area contributed by atoms with E-state index in [9.17, 15) is 5.11 Å². The lowest BCUT2D eigenvalue weighted by molar-refractivity contribution is 0.483. The van der Waals surface area contributed by atoms with Crippen LogP contribution in [0.1, 0.15) is 17.0 Å². The van der Waals surface area contributed by atoms with Crippen LogP contribution in [0.2, 0.25) is 0 Å². The van der Waals surface area contributed by atoms with Gasteiger partial charge in [0.1, 0.15) is 17.7 Å². The first-order chi connectivity index (χ1) is 15.6. The molecule has 1 N–H and O–H groups in total. The zero-order chi connectivity index (χ0) is 21.8. The van der Waals surface area contributed by atoms with E-state index < -0.39 is 0 Å². The lowest BCUT2D eigenvalue weighted by atomic mass is 10.1. The molecule has 0 aliphatic carbocycles. The number of aromatic nitrogens is 6. The molecule has 0 radical (unpaired) electrons. The molecule has 0 saturated heterocycles. The second-order valence-corrected chi connectivity index (χ2v) is 7.95. The van der Waals surface area contributed by atoms with E-state index in [1.807, 2.05) is 54.6 Å². The number of rotatable bonds is 3. The van der Waals surface area contributed by atoms with E-state index in [0.29, 0.717) is 17.9 Å². The molecule has 4 aromatic heterocycles. The van der Waals surface area contributed by atoms with Crippen LogP contribution in [0.4, 0.5) is 0 Å². The van der Waals surface area contributed by atoms with Crippen LogP contribution in [0.3, 0.4) is 0 Å². The molecule has 0 fully saturated rings. The van der Waals surface area contributed by atoms with Gasteiger partial charge in [-0.3, -0.25) is 4.98 Å². The highest BCUT2D eigenvalue weighted by molar-refractivity contribution is 5.96. The topological polar surface area (TPSA) is 81.1 Å². The molecular weight excluding hydrogens is 400 g/mol. The van der Waals surface area contributed by atoms with Crippen LogP contribution in [0.15, 0.2) is 67.1 Å². The van der Waals surface area contributed by atoms with Crippen molar-refractivity contribution < 1.29 is 5.11 Å². The Labute approximate surface area is 183 Å². The van der Waals surface area contributed by atoms with E-state index in [0.717, 1.165) is 44.4 Å². The maximum Gasteiger partial charge on any atom is 0.185 e. The summed E-state index contributed by atoms with van der Waals surface area (Å²) in [6.45, 7) is 4.80. The van der Waals surface area contributed by atoms with Crippen LogP contribution in [0.25, 0.3) is 38.8 Å². The van der Waals surface area contributed by atoms with Gasteiger partial charge in [0.15, 0.2) is 11.5 Å². The summed E-state index contributed by atoms with van der Waals surface area (Å²) in [5, 5.41) is 18.2. The molecule has 6 aromatic rings. The minimum absolute atomic E-state index is 0.184. The molecule has 32 heavy (non-hydrogen) atoms. The minimum atomic E-state index is 0.184. The van der Waals surface area contributed by atoms with Gasteiger partial charge >= 0.3 is 0 Å². The summed E-state index contributed by atoms with van der Waals surface area (Å²) in [6, 6.07) is 17.5. The number of aromatic hydroxyl groups is 1. The van der Waals surface area contributed by atoms with Gasteiger partial charge in [0.2, 0.25) is 0 Å². The number of phenols is 1.